The maximum atomic E-state index is 13.5. The van der Waals surface area contributed by atoms with Crippen LogP contribution in [-0.2, 0) is 11.3 Å². The van der Waals surface area contributed by atoms with Crippen LogP contribution in [0.15, 0.2) is 18.2 Å². The van der Waals surface area contributed by atoms with E-state index in [4.69, 9.17) is 0 Å². The van der Waals surface area contributed by atoms with Crippen molar-refractivity contribution in [1.82, 2.24) is 10.2 Å². The molecule has 102 valence electrons. The van der Waals surface area contributed by atoms with Gasteiger partial charge < -0.3 is 5.32 Å². The highest BCUT2D eigenvalue weighted by Gasteiger charge is 2.17. The minimum absolute atomic E-state index is 0.0115. The first-order chi connectivity index (χ1) is 9.06. The maximum Gasteiger partial charge on any atom is 0.304 e. The first kappa shape index (κ1) is 13.4. The number of rotatable bonds is 3. The van der Waals surface area contributed by atoms with Crippen molar-refractivity contribution in [3.63, 3.8) is 0 Å². The fourth-order valence-electron chi connectivity index (χ4n) is 2.03. The third-order valence-corrected chi connectivity index (χ3v) is 3.02. The Morgan fingerprint density at radius 1 is 1.42 bits per heavy atom. The molecule has 0 aromatic heterocycles. The summed E-state index contributed by atoms with van der Waals surface area (Å²) in [6.45, 7) is 2.33. The summed E-state index contributed by atoms with van der Waals surface area (Å²) in [6.07, 6.45) is 0.412. The zero-order valence-corrected chi connectivity index (χ0v) is 10.3. The molecular formula is C12H14FN3O3. The monoisotopic (exact) mass is 267 g/mol. The van der Waals surface area contributed by atoms with Gasteiger partial charge in [-0.05, 0) is 11.6 Å². The first-order valence-corrected chi connectivity index (χ1v) is 5.98. The zero-order valence-electron chi connectivity index (χ0n) is 10.3. The predicted octanol–water partition coefficient (Wildman–Crippen LogP) is 1.06. The Bertz CT molecular complexity index is 507. The van der Waals surface area contributed by atoms with Gasteiger partial charge in [-0.2, -0.15) is 4.39 Å². The van der Waals surface area contributed by atoms with Gasteiger partial charge in [0.1, 0.15) is 0 Å². The van der Waals surface area contributed by atoms with Gasteiger partial charge in [0.15, 0.2) is 0 Å². The van der Waals surface area contributed by atoms with Gasteiger partial charge in [0, 0.05) is 38.7 Å². The molecule has 2 rings (SSSR count). The molecule has 0 saturated carbocycles. The highest BCUT2D eigenvalue weighted by molar-refractivity contribution is 5.76. The lowest BCUT2D eigenvalue weighted by atomic mass is 10.2. The predicted molar refractivity (Wildman–Crippen MR) is 66.0 cm³/mol. The Labute approximate surface area is 109 Å². The molecule has 1 aliphatic heterocycles. The lowest BCUT2D eigenvalue weighted by Gasteiger charge is -2.18. The summed E-state index contributed by atoms with van der Waals surface area (Å²) in [4.78, 5) is 23.0. The molecule has 1 amide bonds. The smallest absolute Gasteiger partial charge is 0.304 e. The van der Waals surface area contributed by atoms with Crippen LogP contribution in [0.1, 0.15) is 12.0 Å². The van der Waals surface area contributed by atoms with Crippen LogP contribution < -0.4 is 5.32 Å². The molecule has 1 N–H and O–H groups in total. The van der Waals surface area contributed by atoms with E-state index in [0.29, 0.717) is 38.2 Å². The Morgan fingerprint density at radius 3 is 2.89 bits per heavy atom. The van der Waals surface area contributed by atoms with Crippen LogP contribution in [-0.4, -0.2) is 35.4 Å². The van der Waals surface area contributed by atoms with E-state index in [1.807, 2.05) is 4.90 Å². The van der Waals surface area contributed by atoms with E-state index < -0.39 is 16.4 Å². The second kappa shape index (κ2) is 5.75. The third-order valence-electron chi connectivity index (χ3n) is 3.02. The number of amides is 1. The van der Waals surface area contributed by atoms with Crippen molar-refractivity contribution in [2.24, 2.45) is 0 Å². The summed E-state index contributed by atoms with van der Waals surface area (Å²) in [7, 11) is 0. The van der Waals surface area contributed by atoms with Gasteiger partial charge in [-0.15, -0.1) is 0 Å². The van der Waals surface area contributed by atoms with Crippen LogP contribution in [0, 0.1) is 15.9 Å². The van der Waals surface area contributed by atoms with Crippen LogP contribution in [0.3, 0.4) is 0 Å². The number of halogens is 1. The number of carbonyl (C=O) groups excluding carboxylic acids is 1. The average Bonchev–Trinajstić information content (AvgIpc) is 2.54. The number of hydrogen-bond acceptors (Lipinski definition) is 4. The largest absolute Gasteiger partial charge is 0.355 e. The molecule has 6 nitrogen and oxygen atoms in total. The van der Waals surface area contributed by atoms with Crippen LogP contribution in [0.5, 0.6) is 0 Å². The molecule has 1 aromatic rings. The summed E-state index contributed by atoms with van der Waals surface area (Å²) in [5.41, 5.74) is 0.147. The molecule has 0 atom stereocenters. The summed E-state index contributed by atoms with van der Waals surface area (Å²) < 4.78 is 13.5. The van der Waals surface area contributed by atoms with Gasteiger partial charge in [0.25, 0.3) is 0 Å². The van der Waals surface area contributed by atoms with Crippen molar-refractivity contribution in [1.29, 1.82) is 0 Å². The van der Waals surface area contributed by atoms with Crippen molar-refractivity contribution in [3.05, 3.63) is 39.7 Å². The number of nitrogens with zero attached hydrogens (tertiary/aromatic N) is 2. The number of nitrogens with one attached hydrogen (secondary N) is 1. The van der Waals surface area contributed by atoms with Gasteiger partial charge in [-0.25, -0.2) is 0 Å². The van der Waals surface area contributed by atoms with E-state index in [1.54, 1.807) is 6.07 Å². The molecule has 19 heavy (non-hydrogen) atoms. The standard InChI is InChI=1S/C12H14FN3O3/c13-10-7-9(1-2-11(10)16(18)19)8-15-5-3-12(17)14-4-6-15/h1-2,7H,3-6,8H2,(H,14,17). The summed E-state index contributed by atoms with van der Waals surface area (Å²) in [5.74, 6) is -0.816. The van der Waals surface area contributed by atoms with Crippen molar-refractivity contribution < 1.29 is 14.1 Å². The zero-order chi connectivity index (χ0) is 13.8. The number of benzene rings is 1. The van der Waals surface area contributed by atoms with E-state index in [1.165, 1.54) is 12.1 Å². The van der Waals surface area contributed by atoms with E-state index >= 15 is 0 Å². The third kappa shape index (κ3) is 3.47. The van der Waals surface area contributed by atoms with Crippen LogP contribution in [0.2, 0.25) is 0 Å². The fraction of sp³-hybridized carbons (Fsp3) is 0.417. The Kier molecular flexibility index (Phi) is 4.06. The summed E-state index contributed by atoms with van der Waals surface area (Å²) in [6, 6.07) is 3.89. The lowest BCUT2D eigenvalue weighted by molar-refractivity contribution is -0.387. The number of carbonyl (C=O) groups is 1. The molecule has 0 unspecified atom stereocenters. The highest BCUT2D eigenvalue weighted by atomic mass is 19.1. The number of hydrogen-bond donors (Lipinski definition) is 1. The minimum atomic E-state index is -0.827. The van der Waals surface area contributed by atoms with E-state index in [-0.39, 0.29) is 5.91 Å². The summed E-state index contributed by atoms with van der Waals surface area (Å²) in [5, 5.41) is 13.3. The van der Waals surface area contributed by atoms with Gasteiger partial charge in [0.05, 0.1) is 4.92 Å². The van der Waals surface area contributed by atoms with E-state index in [2.05, 4.69) is 5.32 Å². The molecule has 1 fully saturated rings. The van der Waals surface area contributed by atoms with Gasteiger partial charge in [-0.3, -0.25) is 19.8 Å². The normalized spacial score (nSPS) is 16.8. The second-order valence-corrected chi connectivity index (χ2v) is 4.42. The van der Waals surface area contributed by atoms with Gasteiger partial charge in [-0.1, -0.05) is 6.07 Å². The molecule has 0 spiro atoms. The van der Waals surface area contributed by atoms with Crippen molar-refractivity contribution >= 4 is 11.6 Å². The van der Waals surface area contributed by atoms with E-state index in [0.717, 1.165) is 0 Å². The Hall–Kier alpha value is -2.02. The first-order valence-electron chi connectivity index (χ1n) is 5.98. The maximum absolute atomic E-state index is 13.5. The SMILES string of the molecule is O=C1CCN(Cc2ccc([N+](=O)[O-])c(F)c2)CCN1. The minimum Gasteiger partial charge on any atom is -0.355 e. The molecule has 7 heteroatoms. The van der Waals surface area contributed by atoms with Crippen LogP contribution in [0.25, 0.3) is 0 Å². The Morgan fingerprint density at radius 2 is 2.21 bits per heavy atom. The van der Waals surface area contributed by atoms with Crippen molar-refractivity contribution in [2.75, 3.05) is 19.6 Å². The molecule has 1 aliphatic rings. The van der Waals surface area contributed by atoms with Gasteiger partial charge >= 0.3 is 5.69 Å². The molecule has 1 saturated heterocycles. The quantitative estimate of drug-likeness (QED) is 0.656. The van der Waals surface area contributed by atoms with Crippen molar-refractivity contribution in [2.45, 2.75) is 13.0 Å². The summed E-state index contributed by atoms with van der Waals surface area (Å²) >= 11 is 0. The Balaban J connectivity index is 2.04. The average molecular weight is 267 g/mol. The molecular weight excluding hydrogens is 253 g/mol. The topological polar surface area (TPSA) is 75.5 Å². The molecule has 1 heterocycles. The van der Waals surface area contributed by atoms with E-state index in [9.17, 15) is 19.3 Å². The molecule has 1 aromatic carbocycles. The number of nitro benzene ring substituents is 1. The second-order valence-electron chi connectivity index (χ2n) is 4.42. The van der Waals surface area contributed by atoms with Gasteiger partial charge in [0.2, 0.25) is 11.7 Å². The molecule has 0 radical (unpaired) electrons. The highest BCUT2D eigenvalue weighted by Crippen LogP contribution is 2.19. The molecule has 0 bridgehead atoms. The van der Waals surface area contributed by atoms with Crippen molar-refractivity contribution in [3.8, 4) is 0 Å². The molecule has 0 aliphatic carbocycles. The number of nitro groups is 1. The fourth-order valence-corrected chi connectivity index (χ4v) is 2.03. The van der Waals surface area contributed by atoms with Crippen LogP contribution in [0.4, 0.5) is 10.1 Å². The lowest BCUT2D eigenvalue weighted by Crippen LogP contribution is -2.28. The van der Waals surface area contributed by atoms with Crippen LogP contribution >= 0.6 is 0 Å².